The van der Waals surface area contributed by atoms with Gasteiger partial charge in [-0.05, 0) is 37.1 Å². The standard InChI is InChI=1S/C21H28FN3O3/c1-4-23-21(25-14-18(26)16-7-5-6-8-17(16)22)24-12-11-15-9-10-19(27-2)20(13-15)28-3/h5-10,13,18,26H,4,11-12,14H2,1-3H3,(H2,23,24,25). The topological polar surface area (TPSA) is 75.1 Å². The first-order valence-corrected chi connectivity index (χ1v) is 9.24. The van der Waals surface area contributed by atoms with Crippen molar-refractivity contribution in [2.24, 2.45) is 4.99 Å². The van der Waals surface area contributed by atoms with Crippen LogP contribution >= 0.6 is 0 Å². The summed E-state index contributed by atoms with van der Waals surface area (Å²) in [5, 5.41) is 16.5. The molecule has 0 amide bonds. The van der Waals surface area contributed by atoms with Crippen molar-refractivity contribution in [3.63, 3.8) is 0 Å². The van der Waals surface area contributed by atoms with Gasteiger partial charge in [-0.3, -0.25) is 4.99 Å². The van der Waals surface area contributed by atoms with Crippen LogP contribution in [0.4, 0.5) is 4.39 Å². The third-order valence-corrected chi connectivity index (χ3v) is 4.18. The van der Waals surface area contributed by atoms with Gasteiger partial charge >= 0.3 is 0 Å². The number of aliphatic hydroxyl groups excluding tert-OH is 1. The number of methoxy groups -OCH3 is 2. The van der Waals surface area contributed by atoms with Crippen LogP contribution in [0.2, 0.25) is 0 Å². The Hall–Kier alpha value is -2.80. The summed E-state index contributed by atoms with van der Waals surface area (Å²) in [6.45, 7) is 3.33. The third kappa shape index (κ3) is 6.13. The summed E-state index contributed by atoms with van der Waals surface area (Å²) in [6.07, 6.45) is -0.247. The van der Waals surface area contributed by atoms with E-state index in [0.29, 0.717) is 30.5 Å². The molecule has 1 atom stereocenters. The molecule has 0 fully saturated rings. The number of nitrogens with zero attached hydrogens (tertiary/aromatic N) is 1. The van der Waals surface area contributed by atoms with Crippen LogP contribution in [-0.4, -0.2) is 44.9 Å². The smallest absolute Gasteiger partial charge is 0.191 e. The molecule has 28 heavy (non-hydrogen) atoms. The van der Waals surface area contributed by atoms with Crippen LogP contribution in [0, 0.1) is 5.82 Å². The third-order valence-electron chi connectivity index (χ3n) is 4.18. The number of halogens is 1. The molecule has 3 N–H and O–H groups in total. The SMILES string of the molecule is CCNC(=NCC(O)c1ccccc1F)NCCc1ccc(OC)c(OC)c1. The zero-order valence-electron chi connectivity index (χ0n) is 16.5. The van der Waals surface area contributed by atoms with Crippen LogP contribution in [0.1, 0.15) is 24.2 Å². The van der Waals surface area contributed by atoms with Crippen molar-refractivity contribution in [2.45, 2.75) is 19.4 Å². The lowest BCUT2D eigenvalue weighted by atomic mass is 10.1. The van der Waals surface area contributed by atoms with Crippen molar-refractivity contribution in [1.82, 2.24) is 10.6 Å². The minimum absolute atomic E-state index is 0.0621. The van der Waals surface area contributed by atoms with E-state index in [4.69, 9.17) is 9.47 Å². The van der Waals surface area contributed by atoms with Crippen LogP contribution in [0.5, 0.6) is 11.5 Å². The van der Waals surface area contributed by atoms with Gasteiger partial charge in [0.25, 0.3) is 0 Å². The monoisotopic (exact) mass is 389 g/mol. The Labute approximate surface area is 165 Å². The summed E-state index contributed by atoms with van der Waals surface area (Å²) in [6, 6.07) is 12.0. The van der Waals surface area contributed by atoms with E-state index < -0.39 is 11.9 Å². The fourth-order valence-electron chi connectivity index (χ4n) is 2.72. The highest BCUT2D eigenvalue weighted by molar-refractivity contribution is 5.79. The van der Waals surface area contributed by atoms with E-state index in [1.165, 1.54) is 6.07 Å². The maximum Gasteiger partial charge on any atom is 0.191 e. The molecule has 0 aliphatic carbocycles. The van der Waals surface area contributed by atoms with Gasteiger partial charge in [0.2, 0.25) is 0 Å². The normalized spacial score (nSPS) is 12.4. The zero-order chi connectivity index (χ0) is 20.4. The van der Waals surface area contributed by atoms with Gasteiger partial charge < -0.3 is 25.2 Å². The second-order valence-electron chi connectivity index (χ2n) is 6.12. The molecule has 2 aromatic rings. The number of guanidine groups is 1. The summed E-state index contributed by atoms with van der Waals surface area (Å²) >= 11 is 0. The van der Waals surface area contributed by atoms with Crippen LogP contribution in [-0.2, 0) is 6.42 Å². The zero-order valence-corrected chi connectivity index (χ0v) is 16.5. The number of nitrogens with one attached hydrogen (secondary N) is 2. The summed E-state index contributed by atoms with van der Waals surface area (Å²) in [5.41, 5.74) is 1.33. The van der Waals surface area contributed by atoms with Gasteiger partial charge in [-0.25, -0.2) is 4.39 Å². The summed E-state index contributed by atoms with van der Waals surface area (Å²) < 4.78 is 24.3. The average Bonchev–Trinajstić information content (AvgIpc) is 2.71. The van der Waals surface area contributed by atoms with Gasteiger partial charge in [0.05, 0.1) is 20.8 Å². The molecule has 0 radical (unpaired) electrons. The fraction of sp³-hybridized carbons (Fsp3) is 0.381. The predicted octanol–water partition coefficient (Wildman–Crippen LogP) is 2.67. The maximum atomic E-state index is 13.8. The molecule has 0 aromatic heterocycles. The molecular weight excluding hydrogens is 361 g/mol. The highest BCUT2D eigenvalue weighted by atomic mass is 19.1. The van der Waals surface area contributed by atoms with Gasteiger partial charge in [-0.2, -0.15) is 0 Å². The van der Waals surface area contributed by atoms with E-state index in [-0.39, 0.29) is 12.1 Å². The lowest BCUT2D eigenvalue weighted by Gasteiger charge is -2.14. The van der Waals surface area contributed by atoms with E-state index in [9.17, 15) is 9.50 Å². The Bertz CT molecular complexity index is 783. The Balaban J connectivity index is 1.93. The van der Waals surface area contributed by atoms with Crippen molar-refractivity contribution in [3.8, 4) is 11.5 Å². The van der Waals surface area contributed by atoms with Crippen LogP contribution in [0.25, 0.3) is 0 Å². The second-order valence-corrected chi connectivity index (χ2v) is 6.12. The Morgan fingerprint density at radius 3 is 2.54 bits per heavy atom. The number of ether oxygens (including phenoxy) is 2. The molecule has 0 aliphatic rings. The first-order valence-electron chi connectivity index (χ1n) is 9.24. The molecular formula is C21H28FN3O3. The molecule has 6 nitrogen and oxygen atoms in total. The summed E-state index contributed by atoms with van der Waals surface area (Å²) in [5.74, 6) is 1.51. The first-order chi connectivity index (χ1) is 13.6. The van der Waals surface area contributed by atoms with Crippen molar-refractivity contribution >= 4 is 5.96 Å². The predicted molar refractivity (Wildman–Crippen MR) is 109 cm³/mol. The molecule has 0 spiro atoms. The molecule has 2 aromatic carbocycles. The number of benzene rings is 2. The molecule has 0 heterocycles. The van der Waals surface area contributed by atoms with E-state index >= 15 is 0 Å². The average molecular weight is 389 g/mol. The van der Waals surface area contributed by atoms with Gasteiger partial charge in [0, 0.05) is 18.7 Å². The van der Waals surface area contributed by atoms with Gasteiger partial charge in [0.15, 0.2) is 17.5 Å². The second kappa shape index (κ2) is 11.1. The minimum Gasteiger partial charge on any atom is -0.493 e. The number of hydrogen-bond donors (Lipinski definition) is 3. The number of hydrogen-bond acceptors (Lipinski definition) is 4. The Kier molecular flexibility index (Phi) is 8.55. The molecule has 7 heteroatoms. The fourth-order valence-corrected chi connectivity index (χ4v) is 2.72. The Morgan fingerprint density at radius 1 is 1.11 bits per heavy atom. The van der Waals surface area contributed by atoms with E-state index in [1.54, 1.807) is 32.4 Å². The van der Waals surface area contributed by atoms with Crippen LogP contribution in [0.15, 0.2) is 47.5 Å². The van der Waals surface area contributed by atoms with Crippen molar-refractivity contribution in [1.29, 1.82) is 0 Å². The molecule has 1 unspecified atom stereocenters. The maximum absolute atomic E-state index is 13.8. The number of aliphatic hydroxyl groups is 1. The van der Waals surface area contributed by atoms with E-state index in [0.717, 1.165) is 12.0 Å². The minimum atomic E-state index is -0.998. The molecule has 0 bridgehead atoms. The lowest BCUT2D eigenvalue weighted by Crippen LogP contribution is -2.38. The van der Waals surface area contributed by atoms with Crippen molar-refractivity contribution < 1.29 is 19.0 Å². The molecule has 0 aliphatic heterocycles. The quantitative estimate of drug-likeness (QED) is 0.454. The highest BCUT2D eigenvalue weighted by Crippen LogP contribution is 2.27. The summed E-state index contributed by atoms with van der Waals surface area (Å²) in [4.78, 5) is 4.36. The van der Waals surface area contributed by atoms with Gasteiger partial charge in [-0.1, -0.05) is 24.3 Å². The largest absolute Gasteiger partial charge is 0.493 e. The first kappa shape index (κ1) is 21.5. The van der Waals surface area contributed by atoms with Crippen LogP contribution in [0.3, 0.4) is 0 Å². The van der Waals surface area contributed by atoms with E-state index in [1.807, 2.05) is 25.1 Å². The molecule has 2 rings (SSSR count). The van der Waals surface area contributed by atoms with E-state index in [2.05, 4.69) is 15.6 Å². The number of aliphatic imine (C=N–C) groups is 1. The Morgan fingerprint density at radius 2 is 1.86 bits per heavy atom. The van der Waals surface area contributed by atoms with Crippen molar-refractivity contribution in [3.05, 3.63) is 59.4 Å². The summed E-state index contributed by atoms with van der Waals surface area (Å²) in [7, 11) is 3.21. The van der Waals surface area contributed by atoms with Gasteiger partial charge in [-0.15, -0.1) is 0 Å². The van der Waals surface area contributed by atoms with Gasteiger partial charge in [0.1, 0.15) is 11.9 Å². The lowest BCUT2D eigenvalue weighted by molar-refractivity contribution is 0.182. The number of rotatable bonds is 9. The molecule has 0 saturated carbocycles. The molecule has 0 saturated heterocycles. The molecule has 152 valence electrons. The highest BCUT2D eigenvalue weighted by Gasteiger charge is 2.12. The van der Waals surface area contributed by atoms with Crippen molar-refractivity contribution in [2.75, 3.05) is 33.9 Å². The van der Waals surface area contributed by atoms with Crippen LogP contribution < -0.4 is 20.1 Å².